The average Bonchev–Trinajstić information content (AvgIpc) is 3.27. The summed E-state index contributed by atoms with van der Waals surface area (Å²) in [6.45, 7) is 4.68. The molecule has 0 radical (unpaired) electrons. The van der Waals surface area contributed by atoms with Crippen molar-refractivity contribution in [3.63, 3.8) is 0 Å². The number of benzene rings is 2. The number of fused-ring (bicyclic) bond motifs is 1. The minimum absolute atomic E-state index is 0.130. The molecule has 0 amide bonds. The minimum Gasteiger partial charge on any atom is -0.496 e. The van der Waals surface area contributed by atoms with Gasteiger partial charge in [-0.1, -0.05) is 12.1 Å². The number of aromatic nitrogens is 3. The fourth-order valence-corrected chi connectivity index (χ4v) is 5.13. The molecule has 0 bridgehead atoms. The van der Waals surface area contributed by atoms with E-state index in [1.54, 1.807) is 37.6 Å². The van der Waals surface area contributed by atoms with Crippen molar-refractivity contribution < 1.29 is 17.9 Å². The van der Waals surface area contributed by atoms with Gasteiger partial charge in [0.25, 0.3) is 10.0 Å². The van der Waals surface area contributed by atoms with Crippen molar-refractivity contribution in [2.75, 3.05) is 43.0 Å². The van der Waals surface area contributed by atoms with Gasteiger partial charge in [-0.3, -0.25) is 9.82 Å². The molecule has 2 N–H and O–H groups in total. The third-order valence-electron chi connectivity index (χ3n) is 5.77. The number of anilines is 2. The molecule has 34 heavy (non-hydrogen) atoms. The van der Waals surface area contributed by atoms with Crippen molar-refractivity contribution in [3.8, 4) is 16.9 Å². The van der Waals surface area contributed by atoms with E-state index in [9.17, 15) is 8.42 Å². The molecular formula is C24H25N5O4S. The molecule has 1 saturated heterocycles. The first-order chi connectivity index (χ1) is 16.4. The summed E-state index contributed by atoms with van der Waals surface area (Å²) in [7, 11) is -2.25. The first kappa shape index (κ1) is 22.2. The SMILES string of the molecule is COc1ccc(S(=O)(=O)Nc2cccc(C)c2)cc1-c1cnc2[nH]nc(N3CCOCC3)c2c1. The van der Waals surface area contributed by atoms with Gasteiger partial charge in [-0.2, -0.15) is 5.10 Å². The highest BCUT2D eigenvalue weighted by molar-refractivity contribution is 7.92. The zero-order valence-electron chi connectivity index (χ0n) is 18.9. The number of aromatic amines is 1. The van der Waals surface area contributed by atoms with E-state index in [4.69, 9.17) is 9.47 Å². The smallest absolute Gasteiger partial charge is 0.261 e. The van der Waals surface area contributed by atoms with E-state index >= 15 is 0 Å². The van der Waals surface area contributed by atoms with Crippen LogP contribution in [0, 0.1) is 6.92 Å². The summed E-state index contributed by atoms with van der Waals surface area (Å²) in [5, 5.41) is 8.29. The van der Waals surface area contributed by atoms with E-state index in [1.165, 1.54) is 6.07 Å². The van der Waals surface area contributed by atoms with Crippen molar-refractivity contribution in [1.29, 1.82) is 0 Å². The van der Waals surface area contributed by atoms with E-state index in [0.29, 0.717) is 35.9 Å². The van der Waals surface area contributed by atoms with Gasteiger partial charge in [-0.15, -0.1) is 0 Å². The summed E-state index contributed by atoms with van der Waals surface area (Å²) < 4.78 is 39.9. The second kappa shape index (κ2) is 8.96. The van der Waals surface area contributed by atoms with E-state index < -0.39 is 10.0 Å². The predicted octanol–water partition coefficient (Wildman–Crippen LogP) is 3.58. The van der Waals surface area contributed by atoms with Crippen LogP contribution < -0.4 is 14.4 Å². The number of nitrogens with zero attached hydrogens (tertiary/aromatic N) is 3. The number of methoxy groups -OCH3 is 1. The number of nitrogens with one attached hydrogen (secondary N) is 2. The first-order valence-corrected chi connectivity index (χ1v) is 12.4. The predicted molar refractivity (Wildman–Crippen MR) is 131 cm³/mol. The van der Waals surface area contributed by atoms with Crippen LogP contribution in [0.4, 0.5) is 11.5 Å². The van der Waals surface area contributed by atoms with Crippen LogP contribution >= 0.6 is 0 Å². The molecular weight excluding hydrogens is 454 g/mol. The van der Waals surface area contributed by atoms with Gasteiger partial charge >= 0.3 is 0 Å². The van der Waals surface area contributed by atoms with Crippen LogP contribution in [0.1, 0.15) is 5.56 Å². The van der Waals surface area contributed by atoms with E-state index in [1.807, 2.05) is 25.1 Å². The monoisotopic (exact) mass is 479 g/mol. The molecule has 1 fully saturated rings. The van der Waals surface area contributed by atoms with Crippen LogP contribution in [0.2, 0.25) is 0 Å². The lowest BCUT2D eigenvalue weighted by Crippen LogP contribution is -2.36. The topological polar surface area (TPSA) is 109 Å². The Bertz CT molecular complexity index is 1450. The first-order valence-electron chi connectivity index (χ1n) is 10.9. The van der Waals surface area contributed by atoms with Crippen LogP contribution in [-0.2, 0) is 14.8 Å². The van der Waals surface area contributed by atoms with E-state index in [-0.39, 0.29) is 4.90 Å². The summed E-state index contributed by atoms with van der Waals surface area (Å²) in [5.74, 6) is 1.35. The second-order valence-corrected chi connectivity index (χ2v) is 9.79. The summed E-state index contributed by atoms with van der Waals surface area (Å²) in [6.07, 6.45) is 1.69. The van der Waals surface area contributed by atoms with Crippen LogP contribution in [0.3, 0.4) is 0 Å². The van der Waals surface area contributed by atoms with Gasteiger partial charge < -0.3 is 14.4 Å². The number of morpholine rings is 1. The number of aryl methyl sites for hydroxylation is 1. The molecule has 2 aromatic heterocycles. The van der Waals surface area contributed by atoms with Gasteiger partial charge in [0.15, 0.2) is 11.5 Å². The number of hydrogen-bond donors (Lipinski definition) is 2. The lowest BCUT2D eigenvalue weighted by atomic mass is 10.1. The summed E-state index contributed by atoms with van der Waals surface area (Å²) in [6, 6.07) is 14.0. The Morgan fingerprint density at radius 1 is 1.12 bits per heavy atom. The average molecular weight is 480 g/mol. The Morgan fingerprint density at radius 3 is 2.71 bits per heavy atom. The number of hydrogen-bond acceptors (Lipinski definition) is 7. The Kier molecular flexibility index (Phi) is 5.84. The van der Waals surface area contributed by atoms with Crippen molar-refractivity contribution in [2.24, 2.45) is 0 Å². The maximum Gasteiger partial charge on any atom is 0.261 e. The molecule has 4 aromatic rings. The lowest BCUT2D eigenvalue weighted by Gasteiger charge is -2.26. The van der Waals surface area contributed by atoms with Crippen molar-refractivity contribution in [2.45, 2.75) is 11.8 Å². The molecule has 0 spiro atoms. The largest absolute Gasteiger partial charge is 0.496 e. The van der Waals surface area contributed by atoms with Crippen LogP contribution in [0.5, 0.6) is 5.75 Å². The van der Waals surface area contributed by atoms with Gasteiger partial charge in [-0.05, 0) is 48.9 Å². The van der Waals surface area contributed by atoms with E-state index in [0.717, 1.165) is 35.4 Å². The highest BCUT2D eigenvalue weighted by Gasteiger charge is 2.21. The third-order valence-corrected chi connectivity index (χ3v) is 7.15. The molecule has 176 valence electrons. The molecule has 5 rings (SSSR count). The normalized spacial score (nSPS) is 14.4. The number of rotatable bonds is 6. The highest BCUT2D eigenvalue weighted by Crippen LogP contribution is 2.35. The van der Waals surface area contributed by atoms with Crippen LogP contribution in [-0.4, -0.2) is 57.0 Å². The van der Waals surface area contributed by atoms with Crippen molar-refractivity contribution >= 4 is 32.6 Å². The Hall–Kier alpha value is -3.63. The van der Waals surface area contributed by atoms with Crippen LogP contribution in [0.25, 0.3) is 22.2 Å². The quantitative estimate of drug-likeness (QED) is 0.435. The molecule has 0 atom stereocenters. The summed E-state index contributed by atoms with van der Waals surface area (Å²) in [5.41, 5.74) is 3.49. The van der Waals surface area contributed by atoms with Gasteiger partial charge in [0.2, 0.25) is 0 Å². The van der Waals surface area contributed by atoms with Crippen molar-refractivity contribution in [1.82, 2.24) is 15.2 Å². The molecule has 1 aliphatic rings. The molecule has 9 nitrogen and oxygen atoms in total. The maximum absolute atomic E-state index is 13.1. The van der Waals surface area contributed by atoms with Gasteiger partial charge in [0.1, 0.15) is 5.75 Å². The number of sulfonamides is 1. The van der Waals surface area contributed by atoms with Gasteiger partial charge in [-0.25, -0.2) is 13.4 Å². The molecule has 0 unspecified atom stereocenters. The maximum atomic E-state index is 13.1. The Morgan fingerprint density at radius 2 is 1.94 bits per heavy atom. The highest BCUT2D eigenvalue weighted by atomic mass is 32.2. The summed E-state index contributed by atoms with van der Waals surface area (Å²) in [4.78, 5) is 6.80. The third kappa shape index (κ3) is 4.29. The standard InChI is InChI=1S/C24H25N5O4S/c1-16-4-3-5-18(12-16)28-34(30,31)19-6-7-22(32-2)20(14-19)17-13-21-23(25-15-17)26-27-24(21)29-8-10-33-11-9-29/h3-7,12-15,28H,8-11H2,1-2H3,(H,25,26,27). The zero-order chi connectivity index (χ0) is 23.7. The van der Waals surface area contributed by atoms with E-state index in [2.05, 4.69) is 24.8 Å². The molecule has 3 heterocycles. The van der Waals surface area contributed by atoms with Crippen LogP contribution in [0.15, 0.2) is 59.6 Å². The molecule has 2 aromatic carbocycles. The van der Waals surface area contributed by atoms with Gasteiger partial charge in [0.05, 0.1) is 30.6 Å². The molecule has 0 saturated carbocycles. The number of H-pyrrole nitrogens is 1. The lowest BCUT2D eigenvalue weighted by molar-refractivity contribution is 0.122. The Labute approximate surface area is 197 Å². The Balaban J connectivity index is 1.55. The fourth-order valence-electron chi connectivity index (χ4n) is 4.06. The number of pyridine rings is 1. The molecule has 0 aliphatic carbocycles. The zero-order valence-corrected chi connectivity index (χ0v) is 19.7. The molecule has 10 heteroatoms. The second-order valence-electron chi connectivity index (χ2n) is 8.10. The van der Waals surface area contributed by atoms with Gasteiger partial charge in [0, 0.05) is 36.1 Å². The van der Waals surface area contributed by atoms with Crippen molar-refractivity contribution in [3.05, 3.63) is 60.3 Å². The number of ether oxygens (including phenoxy) is 2. The summed E-state index contributed by atoms with van der Waals surface area (Å²) >= 11 is 0. The minimum atomic E-state index is -3.81. The fraction of sp³-hybridized carbons (Fsp3) is 0.250. The molecule has 1 aliphatic heterocycles.